The number of benzene rings is 1. The lowest BCUT2D eigenvalue weighted by Gasteiger charge is -2.10. The van der Waals surface area contributed by atoms with Gasteiger partial charge in [0, 0.05) is 16.3 Å². The van der Waals surface area contributed by atoms with E-state index in [2.05, 4.69) is 15.6 Å². The number of amides is 2. The molecule has 10 heteroatoms. The number of thioether (sulfide) groups is 1. The zero-order chi connectivity index (χ0) is 19.3. The second-order valence-electron chi connectivity index (χ2n) is 5.50. The summed E-state index contributed by atoms with van der Waals surface area (Å²) >= 11 is 1.87. The van der Waals surface area contributed by atoms with Crippen LogP contribution in [-0.4, -0.2) is 28.6 Å². The first-order valence-corrected chi connectivity index (χ1v) is 9.38. The van der Waals surface area contributed by atoms with Crippen molar-refractivity contribution >= 4 is 40.0 Å². The first-order valence-electron chi connectivity index (χ1n) is 7.52. The molecule has 1 aromatic heterocycles. The van der Waals surface area contributed by atoms with Crippen molar-refractivity contribution in [2.24, 2.45) is 0 Å². The van der Waals surface area contributed by atoms with E-state index in [4.69, 9.17) is 0 Å². The maximum absolute atomic E-state index is 12.6. The maximum atomic E-state index is 12.6. The van der Waals surface area contributed by atoms with E-state index in [1.807, 2.05) is 13.8 Å². The molecule has 140 valence electrons. The van der Waals surface area contributed by atoms with Gasteiger partial charge < -0.3 is 5.32 Å². The molecule has 0 radical (unpaired) electrons. The van der Waals surface area contributed by atoms with Gasteiger partial charge in [0.05, 0.1) is 11.3 Å². The molecule has 2 amide bonds. The van der Waals surface area contributed by atoms with Crippen LogP contribution in [0.2, 0.25) is 0 Å². The van der Waals surface area contributed by atoms with Gasteiger partial charge in [-0.3, -0.25) is 14.9 Å². The standard InChI is InChI=1S/C16H16F3N3O2S2/c1-9(2)20-13(23)8-25-11-6-4-3-5-10(11)14(24)22-15-21-12(7-26-15)16(17,18)19/h3-7,9H,8H2,1-2H3,(H,20,23)(H,21,22,24). The van der Waals surface area contributed by atoms with E-state index in [9.17, 15) is 22.8 Å². The van der Waals surface area contributed by atoms with Crippen molar-refractivity contribution in [1.29, 1.82) is 0 Å². The molecule has 26 heavy (non-hydrogen) atoms. The third-order valence-electron chi connectivity index (χ3n) is 2.96. The zero-order valence-corrected chi connectivity index (χ0v) is 15.5. The number of alkyl halides is 3. The van der Waals surface area contributed by atoms with Crippen molar-refractivity contribution in [1.82, 2.24) is 10.3 Å². The largest absolute Gasteiger partial charge is 0.434 e. The van der Waals surface area contributed by atoms with Crippen molar-refractivity contribution in [3.63, 3.8) is 0 Å². The zero-order valence-electron chi connectivity index (χ0n) is 13.9. The highest BCUT2D eigenvalue weighted by Crippen LogP contribution is 2.32. The van der Waals surface area contributed by atoms with Gasteiger partial charge in [-0.05, 0) is 26.0 Å². The van der Waals surface area contributed by atoms with Crippen LogP contribution in [0.25, 0.3) is 0 Å². The molecule has 1 aromatic carbocycles. The van der Waals surface area contributed by atoms with Crippen LogP contribution in [0.1, 0.15) is 29.9 Å². The predicted octanol–water partition coefficient (Wildman–Crippen LogP) is 4.03. The third kappa shape index (κ3) is 5.73. The maximum Gasteiger partial charge on any atom is 0.434 e. The number of nitrogens with zero attached hydrogens (tertiary/aromatic N) is 1. The van der Waals surface area contributed by atoms with E-state index < -0.39 is 17.8 Å². The summed E-state index contributed by atoms with van der Waals surface area (Å²) in [7, 11) is 0. The molecule has 0 bridgehead atoms. The van der Waals surface area contributed by atoms with Crippen molar-refractivity contribution in [3.8, 4) is 0 Å². The minimum atomic E-state index is -4.56. The molecule has 0 spiro atoms. The number of hydrogen-bond acceptors (Lipinski definition) is 5. The van der Waals surface area contributed by atoms with E-state index in [0.717, 1.165) is 5.38 Å². The number of rotatable bonds is 6. The van der Waals surface area contributed by atoms with E-state index in [1.54, 1.807) is 18.2 Å². The van der Waals surface area contributed by atoms with Crippen LogP contribution in [0.15, 0.2) is 34.5 Å². The molecule has 0 fully saturated rings. The Morgan fingerprint density at radius 1 is 1.27 bits per heavy atom. The molecule has 0 aliphatic heterocycles. The van der Waals surface area contributed by atoms with Crippen LogP contribution >= 0.6 is 23.1 Å². The van der Waals surface area contributed by atoms with Crippen molar-refractivity contribution in [2.75, 3.05) is 11.1 Å². The van der Waals surface area contributed by atoms with Crippen molar-refractivity contribution in [3.05, 3.63) is 40.9 Å². The monoisotopic (exact) mass is 403 g/mol. The fraction of sp³-hybridized carbons (Fsp3) is 0.312. The Morgan fingerprint density at radius 3 is 2.58 bits per heavy atom. The number of aromatic nitrogens is 1. The van der Waals surface area contributed by atoms with Crippen LogP contribution in [0.4, 0.5) is 18.3 Å². The Morgan fingerprint density at radius 2 is 1.96 bits per heavy atom. The number of anilines is 1. The minimum Gasteiger partial charge on any atom is -0.353 e. The van der Waals surface area contributed by atoms with Gasteiger partial charge in [0.2, 0.25) is 5.91 Å². The average Bonchev–Trinajstić information content (AvgIpc) is 3.01. The molecule has 0 atom stereocenters. The molecule has 0 aliphatic rings. The molecule has 1 heterocycles. The Bertz CT molecular complexity index is 791. The van der Waals surface area contributed by atoms with Crippen molar-refractivity contribution < 1.29 is 22.8 Å². The SMILES string of the molecule is CC(C)NC(=O)CSc1ccccc1C(=O)Nc1nc(C(F)(F)F)cs1. The summed E-state index contributed by atoms with van der Waals surface area (Å²) in [4.78, 5) is 28.1. The van der Waals surface area contributed by atoms with E-state index >= 15 is 0 Å². The average molecular weight is 403 g/mol. The number of halogens is 3. The number of hydrogen-bond donors (Lipinski definition) is 2. The van der Waals surface area contributed by atoms with E-state index in [-0.39, 0.29) is 28.4 Å². The summed E-state index contributed by atoms with van der Waals surface area (Å²) in [5, 5.41) is 5.81. The lowest BCUT2D eigenvalue weighted by molar-refractivity contribution is -0.140. The van der Waals surface area contributed by atoms with E-state index in [1.165, 1.54) is 17.8 Å². The van der Waals surface area contributed by atoms with Crippen LogP contribution in [0.5, 0.6) is 0 Å². The van der Waals surface area contributed by atoms with Crippen molar-refractivity contribution in [2.45, 2.75) is 31.0 Å². The fourth-order valence-electron chi connectivity index (χ4n) is 1.91. The second kappa shape index (κ2) is 8.54. The molecular weight excluding hydrogens is 387 g/mol. The quantitative estimate of drug-likeness (QED) is 0.715. The smallest absolute Gasteiger partial charge is 0.353 e. The van der Waals surface area contributed by atoms with Gasteiger partial charge in [-0.2, -0.15) is 13.2 Å². The molecule has 0 aliphatic carbocycles. The fourth-order valence-corrected chi connectivity index (χ4v) is 3.49. The summed E-state index contributed by atoms with van der Waals surface area (Å²) in [6, 6.07) is 6.57. The first-order chi connectivity index (χ1) is 12.2. The molecule has 0 saturated heterocycles. The number of nitrogens with one attached hydrogen (secondary N) is 2. The Hall–Kier alpha value is -2.07. The number of carbonyl (C=O) groups is 2. The first kappa shape index (κ1) is 20.2. The summed E-state index contributed by atoms with van der Waals surface area (Å²) in [6.45, 7) is 3.68. The van der Waals surface area contributed by atoms with Crippen LogP contribution in [0.3, 0.4) is 0 Å². The highest BCUT2D eigenvalue weighted by atomic mass is 32.2. The second-order valence-corrected chi connectivity index (χ2v) is 7.37. The predicted molar refractivity (Wildman–Crippen MR) is 95.5 cm³/mol. The summed E-state index contributed by atoms with van der Waals surface area (Å²) in [6.07, 6.45) is -4.56. The van der Waals surface area contributed by atoms with Gasteiger partial charge >= 0.3 is 6.18 Å². The van der Waals surface area contributed by atoms with Gasteiger partial charge in [-0.15, -0.1) is 23.1 Å². The molecule has 2 N–H and O–H groups in total. The highest BCUT2D eigenvalue weighted by molar-refractivity contribution is 8.00. The minimum absolute atomic E-state index is 0.00868. The molecule has 2 rings (SSSR count). The molecule has 5 nitrogen and oxygen atoms in total. The molecule has 2 aromatic rings. The lowest BCUT2D eigenvalue weighted by Crippen LogP contribution is -2.31. The van der Waals surface area contributed by atoms with Crippen LogP contribution in [0, 0.1) is 0 Å². The lowest BCUT2D eigenvalue weighted by atomic mass is 10.2. The summed E-state index contributed by atoms with van der Waals surface area (Å²) < 4.78 is 37.7. The number of carbonyl (C=O) groups excluding carboxylic acids is 2. The molecular formula is C16H16F3N3O2S2. The Balaban J connectivity index is 2.07. The Labute approximate surface area is 156 Å². The van der Waals surface area contributed by atoms with Gasteiger partial charge in [0.25, 0.3) is 5.91 Å². The summed E-state index contributed by atoms with van der Waals surface area (Å²) in [5.41, 5.74) is -0.788. The van der Waals surface area contributed by atoms with Crippen LogP contribution in [-0.2, 0) is 11.0 Å². The van der Waals surface area contributed by atoms with Gasteiger partial charge in [0.15, 0.2) is 10.8 Å². The Kier molecular flexibility index (Phi) is 6.65. The van der Waals surface area contributed by atoms with Gasteiger partial charge in [0.1, 0.15) is 0 Å². The third-order valence-corrected chi connectivity index (χ3v) is 4.79. The van der Waals surface area contributed by atoms with Gasteiger partial charge in [-0.25, -0.2) is 4.98 Å². The van der Waals surface area contributed by atoms with E-state index in [0.29, 0.717) is 16.2 Å². The van der Waals surface area contributed by atoms with Crippen LogP contribution < -0.4 is 10.6 Å². The number of thiazole rings is 1. The highest BCUT2D eigenvalue weighted by Gasteiger charge is 2.34. The normalized spacial score (nSPS) is 11.5. The summed E-state index contributed by atoms with van der Waals surface area (Å²) in [5.74, 6) is -0.631. The van der Waals surface area contributed by atoms with Gasteiger partial charge in [-0.1, -0.05) is 12.1 Å². The molecule has 0 saturated carbocycles. The molecule has 0 unspecified atom stereocenters. The topological polar surface area (TPSA) is 71.1 Å².